The van der Waals surface area contributed by atoms with Gasteiger partial charge in [0.1, 0.15) is 6.29 Å². The molecule has 20 heavy (non-hydrogen) atoms. The molecule has 0 aliphatic carbocycles. The van der Waals surface area contributed by atoms with Crippen LogP contribution in [-0.2, 0) is 28.5 Å². The van der Waals surface area contributed by atoms with Gasteiger partial charge in [-0.15, -0.1) is 0 Å². The largest absolute Gasteiger partial charge is 0.379 e. The standard InChI is InChI=1S/C13H25BrO6/c14-2-5-17-7-9-19-11-13-20-12-10-18-8-6-16-4-1-3-15/h3H,1-2,4-13H2. The van der Waals surface area contributed by atoms with Gasteiger partial charge in [0.25, 0.3) is 0 Å². The molecule has 0 aromatic carbocycles. The third-order valence-corrected chi connectivity index (χ3v) is 2.41. The van der Waals surface area contributed by atoms with Crippen LogP contribution in [0.4, 0.5) is 0 Å². The molecule has 0 aliphatic heterocycles. The summed E-state index contributed by atoms with van der Waals surface area (Å²) in [6.07, 6.45) is 1.27. The van der Waals surface area contributed by atoms with Crippen LogP contribution in [0.5, 0.6) is 0 Å². The third-order valence-electron chi connectivity index (χ3n) is 2.09. The molecule has 0 rings (SSSR count). The molecule has 0 aromatic heterocycles. The Morgan fingerprint density at radius 3 is 1.30 bits per heavy atom. The Morgan fingerprint density at radius 2 is 0.950 bits per heavy atom. The van der Waals surface area contributed by atoms with Crippen LogP contribution in [-0.4, -0.2) is 77.7 Å². The second-order valence-electron chi connectivity index (χ2n) is 3.71. The van der Waals surface area contributed by atoms with E-state index in [9.17, 15) is 4.79 Å². The maximum Gasteiger partial charge on any atom is 0.122 e. The summed E-state index contributed by atoms with van der Waals surface area (Å²) < 4.78 is 26.3. The summed E-state index contributed by atoms with van der Waals surface area (Å²) >= 11 is 3.27. The molecule has 0 amide bonds. The number of carbonyl (C=O) groups is 1. The van der Waals surface area contributed by atoms with Crippen molar-refractivity contribution in [1.82, 2.24) is 0 Å². The molecule has 0 radical (unpaired) electrons. The van der Waals surface area contributed by atoms with Gasteiger partial charge in [0.15, 0.2) is 0 Å². The fraction of sp³-hybridized carbons (Fsp3) is 0.923. The van der Waals surface area contributed by atoms with Crippen molar-refractivity contribution in [3.63, 3.8) is 0 Å². The molecule has 0 aromatic rings. The lowest BCUT2D eigenvalue weighted by Crippen LogP contribution is -2.13. The Balaban J connectivity index is 2.90. The molecule has 6 nitrogen and oxygen atoms in total. The van der Waals surface area contributed by atoms with E-state index in [1.165, 1.54) is 0 Å². The lowest BCUT2D eigenvalue weighted by Gasteiger charge is -2.07. The van der Waals surface area contributed by atoms with Crippen LogP contribution in [0.25, 0.3) is 0 Å². The second kappa shape index (κ2) is 18.9. The van der Waals surface area contributed by atoms with E-state index in [0.29, 0.717) is 72.5 Å². The van der Waals surface area contributed by atoms with Gasteiger partial charge in [-0.1, -0.05) is 15.9 Å². The van der Waals surface area contributed by atoms with Crippen LogP contribution >= 0.6 is 15.9 Å². The van der Waals surface area contributed by atoms with Crippen LogP contribution < -0.4 is 0 Å². The van der Waals surface area contributed by atoms with E-state index >= 15 is 0 Å². The molecule has 7 heteroatoms. The van der Waals surface area contributed by atoms with Crippen LogP contribution in [0, 0.1) is 0 Å². The quantitative estimate of drug-likeness (QED) is 0.220. The number of carbonyl (C=O) groups excluding carboxylic acids is 1. The van der Waals surface area contributed by atoms with E-state index in [4.69, 9.17) is 23.7 Å². The Morgan fingerprint density at radius 1 is 0.600 bits per heavy atom. The van der Waals surface area contributed by atoms with Crippen LogP contribution in [0.15, 0.2) is 0 Å². The van der Waals surface area contributed by atoms with Crippen molar-refractivity contribution in [3.8, 4) is 0 Å². The zero-order valence-corrected chi connectivity index (χ0v) is 13.5. The molecule has 0 saturated heterocycles. The molecule has 0 spiro atoms. The average molecular weight is 357 g/mol. The van der Waals surface area contributed by atoms with Crippen molar-refractivity contribution in [2.75, 3.05) is 71.4 Å². The van der Waals surface area contributed by atoms with Gasteiger partial charge < -0.3 is 28.5 Å². The van der Waals surface area contributed by atoms with Gasteiger partial charge in [0, 0.05) is 11.8 Å². The van der Waals surface area contributed by atoms with Gasteiger partial charge in [0.2, 0.25) is 0 Å². The first-order valence-corrected chi connectivity index (χ1v) is 7.92. The molecule has 0 N–H and O–H groups in total. The van der Waals surface area contributed by atoms with Gasteiger partial charge in [-0.3, -0.25) is 0 Å². The van der Waals surface area contributed by atoms with Gasteiger partial charge in [-0.05, 0) is 0 Å². The van der Waals surface area contributed by atoms with E-state index in [2.05, 4.69) is 15.9 Å². The fourth-order valence-electron chi connectivity index (χ4n) is 1.17. The highest BCUT2D eigenvalue weighted by molar-refractivity contribution is 9.09. The van der Waals surface area contributed by atoms with Crippen molar-refractivity contribution in [2.45, 2.75) is 6.42 Å². The van der Waals surface area contributed by atoms with Crippen LogP contribution in [0.3, 0.4) is 0 Å². The molecule has 0 unspecified atom stereocenters. The molecule has 0 fully saturated rings. The topological polar surface area (TPSA) is 63.2 Å². The number of ether oxygens (including phenoxy) is 5. The molecule has 0 heterocycles. The zero-order chi connectivity index (χ0) is 14.7. The van der Waals surface area contributed by atoms with Crippen LogP contribution in [0.1, 0.15) is 6.42 Å². The minimum absolute atomic E-state index is 0.435. The summed E-state index contributed by atoms with van der Waals surface area (Å²) in [6, 6.07) is 0. The smallest absolute Gasteiger partial charge is 0.122 e. The molecular weight excluding hydrogens is 332 g/mol. The molecule has 0 aliphatic rings. The Hall–Kier alpha value is -0.0500. The van der Waals surface area contributed by atoms with E-state index in [0.717, 1.165) is 11.6 Å². The van der Waals surface area contributed by atoms with Crippen molar-refractivity contribution in [1.29, 1.82) is 0 Å². The first kappa shape index (κ1) is 19.9. The summed E-state index contributed by atoms with van der Waals surface area (Å²) in [5.41, 5.74) is 0. The molecule has 0 bridgehead atoms. The first-order chi connectivity index (χ1) is 9.91. The Kier molecular flexibility index (Phi) is 18.9. The number of halogens is 1. The number of hydrogen-bond acceptors (Lipinski definition) is 6. The Labute approximate surface area is 129 Å². The molecule has 0 atom stereocenters. The monoisotopic (exact) mass is 356 g/mol. The lowest BCUT2D eigenvalue weighted by molar-refractivity contribution is -0.108. The summed E-state index contributed by atoms with van der Waals surface area (Å²) in [6.45, 7) is 5.57. The Bertz CT molecular complexity index is 194. The predicted molar refractivity (Wildman–Crippen MR) is 78.6 cm³/mol. The lowest BCUT2D eigenvalue weighted by atomic mass is 10.5. The van der Waals surface area contributed by atoms with E-state index in [1.54, 1.807) is 0 Å². The van der Waals surface area contributed by atoms with E-state index < -0.39 is 0 Å². The normalized spacial score (nSPS) is 10.8. The summed E-state index contributed by atoms with van der Waals surface area (Å²) in [4.78, 5) is 10.0. The van der Waals surface area contributed by atoms with Crippen LogP contribution in [0.2, 0.25) is 0 Å². The summed E-state index contributed by atoms with van der Waals surface area (Å²) in [5.74, 6) is 0. The highest BCUT2D eigenvalue weighted by Crippen LogP contribution is 1.85. The second-order valence-corrected chi connectivity index (χ2v) is 4.50. The summed E-state index contributed by atoms with van der Waals surface area (Å²) in [5, 5.41) is 0.845. The molecule has 0 saturated carbocycles. The van der Waals surface area contributed by atoms with Gasteiger partial charge in [-0.2, -0.15) is 0 Å². The number of hydrogen-bond donors (Lipinski definition) is 0. The van der Waals surface area contributed by atoms with E-state index in [-0.39, 0.29) is 0 Å². The maximum absolute atomic E-state index is 10.0. The highest BCUT2D eigenvalue weighted by atomic mass is 79.9. The van der Waals surface area contributed by atoms with Crippen molar-refractivity contribution >= 4 is 22.2 Å². The summed E-state index contributed by atoms with van der Waals surface area (Å²) in [7, 11) is 0. The van der Waals surface area contributed by atoms with Gasteiger partial charge in [-0.25, -0.2) is 0 Å². The zero-order valence-electron chi connectivity index (χ0n) is 11.9. The minimum atomic E-state index is 0.435. The third kappa shape index (κ3) is 17.9. The highest BCUT2D eigenvalue weighted by Gasteiger charge is 1.93. The SMILES string of the molecule is O=CCCOCCOCCOCCOCCOCCBr. The number of aldehydes is 1. The number of alkyl halides is 1. The van der Waals surface area contributed by atoms with Gasteiger partial charge in [0.05, 0.1) is 66.1 Å². The minimum Gasteiger partial charge on any atom is -0.379 e. The molecule has 120 valence electrons. The average Bonchev–Trinajstić information content (AvgIpc) is 2.47. The van der Waals surface area contributed by atoms with Crippen molar-refractivity contribution in [3.05, 3.63) is 0 Å². The molecular formula is C13H25BrO6. The van der Waals surface area contributed by atoms with Crippen molar-refractivity contribution < 1.29 is 28.5 Å². The maximum atomic E-state index is 10.0. The fourth-order valence-corrected chi connectivity index (χ4v) is 1.40. The van der Waals surface area contributed by atoms with Gasteiger partial charge >= 0.3 is 0 Å². The number of rotatable bonds is 17. The van der Waals surface area contributed by atoms with E-state index in [1.807, 2.05) is 0 Å². The predicted octanol–water partition coefficient (Wildman–Crippen LogP) is 1.05. The van der Waals surface area contributed by atoms with Crippen molar-refractivity contribution in [2.24, 2.45) is 0 Å². The first-order valence-electron chi connectivity index (χ1n) is 6.80.